The van der Waals surface area contributed by atoms with E-state index in [1.165, 1.54) is 0 Å². The summed E-state index contributed by atoms with van der Waals surface area (Å²) in [4.78, 5) is 16.7. The minimum atomic E-state index is 0.163. The Bertz CT molecular complexity index is 476. The molecule has 1 heterocycles. The number of likely N-dealkylation sites (N-methyl/N-ethyl adjacent to an activating group) is 1. The van der Waals surface area contributed by atoms with Crippen molar-refractivity contribution in [1.82, 2.24) is 4.90 Å². The van der Waals surface area contributed by atoms with E-state index < -0.39 is 0 Å². The third-order valence-electron chi connectivity index (χ3n) is 4.29. The van der Waals surface area contributed by atoms with Crippen LogP contribution < -0.4 is 4.90 Å². The van der Waals surface area contributed by atoms with E-state index in [0.29, 0.717) is 19.0 Å². The number of nitrogens with zero attached hydrogens (tertiary/aromatic N) is 2. The smallest absolute Gasteiger partial charge is 0.241 e. The number of aliphatic hydroxyl groups is 1. The summed E-state index contributed by atoms with van der Waals surface area (Å²) in [6.07, 6.45) is 1.93. The second-order valence-corrected chi connectivity index (χ2v) is 5.83. The summed E-state index contributed by atoms with van der Waals surface area (Å²) in [6, 6.07) is 8.02. The van der Waals surface area contributed by atoms with E-state index in [0.717, 1.165) is 37.2 Å². The van der Waals surface area contributed by atoms with Crippen molar-refractivity contribution in [2.75, 3.05) is 37.7 Å². The third kappa shape index (κ3) is 4.05. The summed E-state index contributed by atoms with van der Waals surface area (Å²) in [6.45, 7) is 7.36. The average molecular weight is 290 g/mol. The van der Waals surface area contributed by atoms with Gasteiger partial charge in [-0.15, -0.1) is 0 Å². The molecule has 1 saturated heterocycles. The number of rotatable bonds is 6. The third-order valence-corrected chi connectivity index (χ3v) is 4.29. The zero-order chi connectivity index (χ0) is 15.2. The van der Waals surface area contributed by atoms with Gasteiger partial charge in [-0.3, -0.25) is 9.69 Å². The van der Waals surface area contributed by atoms with Gasteiger partial charge in [-0.2, -0.15) is 0 Å². The second kappa shape index (κ2) is 7.57. The van der Waals surface area contributed by atoms with E-state index in [9.17, 15) is 4.79 Å². The number of anilines is 1. The van der Waals surface area contributed by atoms with Crippen LogP contribution in [0.3, 0.4) is 0 Å². The minimum Gasteiger partial charge on any atom is -0.396 e. The summed E-state index contributed by atoms with van der Waals surface area (Å²) in [5, 5.41) is 9.01. The number of hydrogen-bond donors (Lipinski definition) is 1. The van der Waals surface area contributed by atoms with Crippen molar-refractivity contribution in [3.8, 4) is 0 Å². The molecule has 0 saturated carbocycles. The predicted octanol–water partition coefficient (Wildman–Crippen LogP) is 2.05. The molecule has 116 valence electrons. The highest BCUT2D eigenvalue weighted by Crippen LogP contribution is 2.22. The summed E-state index contributed by atoms with van der Waals surface area (Å²) >= 11 is 0. The quantitative estimate of drug-likeness (QED) is 0.872. The van der Waals surface area contributed by atoms with Gasteiger partial charge in [0.2, 0.25) is 5.91 Å². The Balaban J connectivity index is 1.97. The first-order chi connectivity index (χ1) is 10.2. The SMILES string of the molecule is CCN(C(=O)CN1CCC(CCO)C1)c1ccccc1C. The molecule has 0 spiro atoms. The maximum atomic E-state index is 12.6. The van der Waals surface area contributed by atoms with Crippen LogP contribution >= 0.6 is 0 Å². The van der Waals surface area contributed by atoms with Crippen molar-refractivity contribution in [2.45, 2.75) is 26.7 Å². The largest absolute Gasteiger partial charge is 0.396 e. The molecule has 0 bridgehead atoms. The summed E-state index contributed by atoms with van der Waals surface area (Å²) in [5.74, 6) is 0.702. The molecule has 1 aliphatic heterocycles. The van der Waals surface area contributed by atoms with Gasteiger partial charge in [-0.1, -0.05) is 18.2 Å². The molecule has 1 aromatic carbocycles. The van der Waals surface area contributed by atoms with Crippen molar-refractivity contribution in [2.24, 2.45) is 5.92 Å². The van der Waals surface area contributed by atoms with Crippen molar-refractivity contribution in [3.05, 3.63) is 29.8 Å². The highest BCUT2D eigenvalue weighted by molar-refractivity contribution is 5.95. The molecule has 1 amide bonds. The number of likely N-dealkylation sites (tertiary alicyclic amines) is 1. The van der Waals surface area contributed by atoms with E-state index in [1.807, 2.05) is 43.0 Å². The number of hydrogen-bond acceptors (Lipinski definition) is 3. The van der Waals surface area contributed by atoms with E-state index in [4.69, 9.17) is 5.11 Å². The molecule has 1 unspecified atom stereocenters. The number of amides is 1. The molecular weight excluding hydrogens is 264 g/mol. The molecule has 1 aromatic rings. The van der Waals surface area contributed by atoms with Crippen LogP contribution in [0.1, 0.15) is 25.3 Å². The van der Waals surface area contributed by atoms with Gasteiger partial charge in [0.15, 0.2) is 0 Å². The lowest BCUT2D eigenvalue weighted by Gasteiger charge is -2.25. The first-order valence-electron chi connectivity index (χ1n) is 7.85. The zero-order valence-electron chi connectivity index (χ0n) is 13.1. The number of carbonyl (C=O) groups excluding carboxylic acids is 1. The number of carbonyl (C=O) groups is 1. The van der Waals surface area contributed by atoms with Crippen LogP contribution in [0.5, 0.6) is 0 Å². The lowest BCUT2D eigenvalue weighted by molar-refractivity contribution is -0.119. The van der Waals surface area contributed by atoms with Crippen LogP contribution in [0, 0.1) is 12.8 Å². The van der Waals surface area contributed by atoms with Gasteiger partial charge in [0, 0.05) is 25.4 Å². The second-order valence-electron chi connectivity index (χ2n) is 5.83. The predicted molar refractivity (Wildman–Crippen MR) is 85.5 cm³/mol. The normalized spacial score (nSPS) is 18.9. The summed E-state index contributed by atoms with van der Waals surface area (Å²) < 4.78 is 0. The molecule has 1 fully saturated rings. The van der Waals surface area contributed by atoms with Gasteiger partial charge in [0.05, 0.1) is 6.54 Å². The fourth-order valence-corrected chi connectivity index (χ4v) is 3.10. The Morgan fingerprint density at radius 1 is 1.43 bits per heavy atom. The van der Waals surface area contributed by atoms with Crippen LogP contribution in [0.4, 0.5) is 5.69 Å². The van der Waals surface area contributed by atoms with Crippen molar-refractivity contribution in [3.63, 3.8) is 0 Å². The van der Waals surface area contributed by atoms with Gasteiger partial charge < -0.3 is 10.0 Å². The van der Waals surface area contributed by atoms with Crippen molar-refractivity contribution < 1.29 is 9.90 Å². The number of para-hydroxylation sites is 1. The number of benzene rings is 1. The summed E-state index contributed by atoms with van der Waals surface area (Å²) in [5.41, 5.74) is 2.14. The van der Waals surface area contributed by atoms with Gasteiger partial charge in [-0.25, -0.2) is 0 Å². The number of aliphatic hydroxyl groups excluding tert-OH is 1. The van der Waals surface area contributed by atoms with E-state index in [-0.39, 0.29) is 12.5 Å². The van der Waals surface area contributed by atoms with Gasteiger partial charge in [0.1, 0.15) is 0 Å². The van der Waals surface area contributed by atoms with Crippen LogP contribution in [0.15, 0.2) is 24.3 Å². The topological polar surface area (TPSA) is 43.8 Å². The minimum absolute atomic E-state index is 0.163. The average Bonchev–Trinajstić information content (AvgIpc) is 2.89. The molecule has 1 atom stereocenters. The van der Waals surface area contributed by atoms with Crippen molar-refractivity contribution >= 4 is 11.6 Å². The van der Waals surface area contributed by atoms with Crippen molar-refractivity contribution in [1.29, 1.82) is 0 Å². The van der Waals surface area contributed by atoms with E-state index in [2.05, 4.69) is 4.90 Å². The fraction of sp³-hybridized carbons (Fsp3) is 0.588. The Labute approximate surface area is 127 Å². The van der Waals surface area contributed by atoms with Crippen LogP contribution in [-0.4, -0.2) is 48.7 Å². The van der Waals surface area contributed by atoms with Gasteiger partial charge in [0.25, 0.3) is 0 Å². The molecule has 1 aliphatic rings. The fourth-order valence-electron chi connectivity index (χ4n) is 3.10. The molecular formula is C17H26N2O2. The maximum Gasteiger partial charge on any atom is 0.241 e. The van der Waals surface area contributed by atoms with E-state index >= 15 is 0 Å². The molecule has 0 radical (unpaired) electrons. The van der Waals surface area contributed by atoms with Crippen LogP contribution in [-0.2, 0) is 4.79 Å². The van der Waals surface area contributed by atoms with E-state index in [1.54, 1.807) is 0 Å². The highest BCUT2D eigenvalue weighted by Gasteiger charge is 2.25. The molecule has 0 aliphatic carbocycles. The molecule has 21 heavy (non-hydrogen) atoms. The lowest BCUT2D eigenvalue weighted by Crippen LogP contribution is -2.40. The molecule has 2 rings (SSSR count). The maximum absolute atomic E-state index is 12.6. The van der Waals surface area contributed by atoms with Gasteiger partial charge >= 0.3 is 0 Å². The first-order valence-corrected chi connectivity index (χ1v) is 7.85. The molecule has 1 N–H and O–H groups in total. The van der Waals surface area contributed by atoms with Crippen LogP contribution in [0.25, 0.3) is 0 Å². The summed E-state index contributed by atoms with van der Waals surface area (Å²) in [7, 11) is 0. The molecule has 0 aromatic heterocycles. The first kappa shape index (κ1) is 16.0. The monoisotopic (exact) mass is 290 g/mol. The molecule has 4 heteroatoms. The molecule has 4 nitrogen and oxygen atoms in total. The lowest BCUT2D eigenvalue weighted by atomic mass is 10.1. The Kier molecular flexibility index (Phi) is 5.76. The Hall–Kier alpha value is -1.39. The Morgan fingerprint density at radius 2 is 2.19 bits per heavy atom. The zero-order valence-corrected chi connectivity index (χ0v) is 13.1. The number of aryl methyl sites for hydroxylation is 1. The van der Waals surface area contributed by atoms with Crippen LogP contribution in [0.2, 0.25) is 0 Å². The van der Waals surface area contributed by atoms with Gasteiger partial charge in [-0.05, 0) is 50.8 Å². The Morgan fingerprint density at radius 3 is 2.86 bits per heavy atom. The highest BCUT2D eigenvalue weighted by atomic mass is 16.3. The standard InChI is InChI=1S/C17H26N2O2/c1-3-19(16-7-5-4-6-14(16)2)17(21)13-18-10-8-15(12-18)9-11-20/h4-7,15,20H,3,8-13H2,1-2H3.